The van der Waals surface area contributed by atoms with Gasteiger partial charge in [0.05, 0.1) is 16.4 Å². The number of carboxylic acid groups (broad SMARTS) is 1. The van der Waals surface area contributed by atoms with Crippen molar-refractivity contribution in [2.45, 2.75) is 27.2 Å². The highest BCUT2D eigenvalue weighted by Crippen LogP contribution is 2.31. The molecule has 0 radical (unpaired) electrons. The third-order valence-corrected chi connectivity index (χ3v) is 4.28. The van der Waals surface area contributed by atoms with Crippen molar-refractivity contribution < 1.29 is 9.90 Å². The number of fused-ring (bicyclic) bond motifs is 1. The van der Waals surface area contributed by atoms with Crippen molar-refractivity contribution in [2.75, 3.05) is 0 Å². The molecule has 102 valence electrons. The third-order valence-electron chi connectivity index (χ3n) is 3.79. The Labute approximate surface area is 120 Å². The van der Waals surface area contributed by atoms with Crippen LogP contribution in [0.4, 0.5) is 0 Å². The number of H-pyrrole nitrogens is 1. The minimum Gasteiger partial charge on any atom is -0.481 e. The first kappa shape index (κ1) is 14.1. The number of benzene rings is 1. The van der Waals surface area contributed by atoms with E-state index in [0.29, 0.717) is 12.2 Å². The van der Waals surface area contributed by atoms with Crippen LogP contribution >= 0.6 is 15.9 Å². The fourth-order valence-electron chi connectivity index (χ4n) is 1.99. The number of imidazole rings is 1. The number of nitrogens with zero attached hydrogens (tertiary/aromatic N) is 1. The number of carbonyl (C=O) groups is 1. The predicted octanol–water partition coefficient (Wildman–Crippen LogP) is 3.61. The van der Waals surface area contributed by atoms with Crippen LogP contribution in [0.25, 0.3) is 11.0 Å². The van der Waals surface area contributed by atoms with E-state index in [2.05, 4.69) is 25.9 Å². The summed E-state index contributed by atoms with van der Waals surface area (Å²) in [5.41, 5.74) is 0.959. The second kappa shape index (κ2) is 4.96. The van der Waals surface area contributed by atoms with Gasteiger partial charge in [-0.3, -0.25) is 4.79 Å². The van der Waals surface area contributed by atoms with Gasteiger partial charge in [0.25, 0.3) is 0 Å². The molecular weight excluding hydrogens is 308 g/mol. The van der Waals surface area contributed by atoms with Crippen molar-refractivity contribution in [3.8, 4) is 0 Å². The Morgan fingerprint density at radius 1 is 1.53 bits per heavy atom. The van der Waals surface area contributed by atoms with E-state index in [1.807, 2.05) is 32.0 Å². The highest BCUT2D eigenvalue weighted by molar-refractivity contribution is 9.10. The average Bonchev–Trinajstić information content (AvgIpc) is 2.69. The molecule has 0 aliphatic rings. The third kappa shape index (κ3) is 2.66. The summed E-state index contributed by atoms with van der Waals surface area (Å²) in [7, 11) is 0. The molecular formula is C14H17BrN2O2. The molecule has 1 aromatic heterocycles. The Bertz CT molecular complexity index is 621. The van der Waals surface area contributed by atoms with Crippen LogP contribution < -0.4 is 0 Å². The number of rotatable bonds is 4. The summed E-state index contributed by atoms with van der Waals surface area (Å²) in [6, 6.07) is 5.78. The van der Waals surface area contributed by atoms with E-state index < -0.39 is 11.4 Å². The molecule has 1 atom stereocenters. The minimum absolute atomic E-state index is 0.0324. The molecule has 0 amide bonds. The number of aliphatic carboxylic acids is 1. The number of aromatic amines is 1. The normalized spacial score (nSPS) is 14.8. The van der Waals surface area contributed by atoms with Crippen molar-refractivity contribution in [1.82, 2.24) is 9.97 Å². The van der Waals surface area contributed by atoms with Gasteiger partial charge in [-0.05, 0) is 31.0 Å². The molecule has 0 saturated heterocycles. The number of hydrogen-bond acceptors (Lipinski definition) is 2. The van der Waals surface area contributed by atoms with E-state index >= 15 is 0 Å². The summed E-state index contributed by atoms with van der Waals surface area (Å²) >= 11 is 3.41. The molecule has 2 rings (SSSR count). The van der Waals surface area contributed by atoms with E-state index in [1.165, 1.54) is 0 Å². The standard InChI is InChI=1S/C14H17BrN2O2/c1-8(2)14(3,13(18)19)7-12-16-10-5-4-9(15)6-11(10)17-12/h4-6,8H,7H2,1-3H3,(H,16,17)(H,18,19). The monoisotopic (exact) mass is 324 g/mol. The maximum Gasteiger partial charge on any atom is 0.310 e. The van der Waals surface area contributed by atoms with Crippen LogP contribution in [0.5, 0.6) is 0 Å². The zero-order valence-corrected chi connectivity index (χ0v) is 12.8. The molecule has 0 aliphatic carbocycles. The summed E-state index contributed by atoms with van der Waals surface area (Å²) in [4.78, 5) is 19.1. The van der Waals surface area contributed by atoms with Gasteiger partial charge >= 0.3 is 5.97 Å². The first-order valence-electron chi connectivity index (χ1n) is 6.20. The lowest BCUT2D eigenvalue weighted by atomic mass is 9.76. The molecule has 5 heteroatoms. The number of halogens is 1. The Hall–Kier alpha value is -1.36. The van der Waals surface area contributed by atoms with Crippen molar-refractivity contribution in [1.29, 1.82) is 0 Å². The van der Waals surface area contributed by atoms with Crippen molar-refractivity contribution in [2.24, 2.45) is 11.3 Å². The van der Waals surface area contributed by atoms with Crippen LogP contribution in [0.3, 0.4) is 0 Å². The Morgan fingerprint density at radius 2 is 2.21 bits per heavy atom. The second-order valence-corrected chi connectivity index (χ2v) is 6.31. The van der Waals surface area contributed by atoms with Gasteiger partial charge in [-0.1, -0.05) is 29.8 Å². The summed E-state index contributed by atoms with van der Waals surface area (Å²) in [6.45, 7) is 5.61. The van der Waals surface area contributed by atoms with E-state index in [1.54, 1.807) is 6.92 Å². The van der Waals surface area contributed by atoms with Gasteiger partial charge in [0.15, 0.2) is 0 Å². The van der Waals surface area contributed by atoms with Gasteiger partial charge in [0, 0.05) is 10.9 Å². The summed E-state index contributed by atoms with van der Waals surface area (Å²) < 4.78 is 0.972. The van der Waals surface area contributed by atoms with Gasteiger partial charge in [-0.2, -0.15) is 0 Å². The van der Waals surface area contributed by atoms with E-state index in [-0.39, 0.29) is 5.92 Å². The molecule has 0 aliphatic heterocycles. The molecule has 0 spiro atoms. The number of nitrogens with one attached hydrogen (secondary N) is 1. The maximum atomic E-state index is 11.5. The molecule has 0 bridgehead atoms. The summed E-state index contributed by atoms with van der Waals surface area (Å²) in [5, 5.41) is 9.43. The zero-order chi connectivity index (χ0) is 14.2. The fraction of sp³-hybridized carbons (Fsp3) is 0.429. The zero-order valence-electron chi connectivity index (χ0n) is 11.2. The topological polar surface area (TPSA) is 66.0 Å². The Kier molecular flexibility index (Phi) is 3.67. The van der Waals surface area contributed by atoms with E-state index in [4.69, 9.17) is 0 Å². The second-order valence-electron chi connectivity index (χ2n) is 5.40. The molecule has 2 aromatic rings. The highest BCUT2D eigenvalue weighted by Gasteiger charge is 2.37. The van der Waals surface area contributed by atoms with Gasteiger partial charge in [-0.15, -0.1) is 0 Å². The van der Waals surface area contributed by atoms with E-state index in [9.17, 15) is 9.90 Å². The van der Waals surface area contributed by atoms with Gasteiger partial charge in [0.1, 0.15) is 5.82 Å². The Balaban J connectivity index is 2.37. The highest BCUT2D eigenvalue weighted by atomic mass is 79.9. The average molecular weight is 325 g/mol. The molecule has 4 nitrogen and oxygen atoms in total. The predicted molar refractivity (Wildman–Crippen MR) is 78.1 cm³/mol. The molecule has 19 heavy (non-hydrogen) atoms. The number of aromatic nitrogens is 2. The van der Waals surface area contributed by atoms with Gasteiger partial charge in [0.2, 0.25) is 0 Å². The van der Waals surface area contributed by atoms with Crippen LogP contribution in [0.15, 0.2) is 22.7 Å². The molecule has 1 aromatic carbocycles. The first-order valence-corrected chi connectivity index (χ1v) is 7.00. The molecule has 2 N–H and O–H groups in total. The van der Waals surface area contributed by atoms with Crippen molar-refractivity contribution in [3.63, 3.8) is 0 Å². The smallest absolute Gasteiger partial charge is 0.310 e. The first-order chi connectivity index (χ1) is 8.83. The number of carboxylic acids is 1. The molecule has 1 heterocycles. The molecule has 0 saturated carbocycles. The molecule has 0 fully saturated rings. The lowest BCUT2D eigenvalue weighted by molar-refractivity contribution is -0.150. The number of hydrogen-bond donors (Lipinski definition) is 2. The van der Waals surface area contributed by atoms with E-state index in [0.717, 1.165) is 15.5 Å². The molecule has 1 unspecified atom stereocenters. The van der Waals surface area contributed by atoms with Crippen molar-refractivity contribution in [3.05, 3.63) is 28.5 Å². The lowest BCUT2D eigenvalue weighted by Gasteiger charge is -2.27. The maximum absolute atomic E-state index is 11.5. The van der Waals surface area contributed by atoms with Gasteiger partial charge in [-0.25, -0.2) is 4.98 Å². The fourth-order valence-corrected chi connectivity index (χ4v) is 2.35. The largest absolute Gasteiger partial charge is 0.481 e. The van der Waals surface area contributed by atoms with Crippen LogP contribution in [-0.4, -0.2) is 21.0 Å². The van der Waals surface area contributed by atoms with Crippen LogP contribution in [0.1, 0.15) is 26.6 Å². The van der Waals surface area contributed by atoms with Crippen LogP contribution in [0.2, 0.25) is 0 Å². The summed E-state index contributed by atoms with van der Waals surface area (Å²) in [6.07, 6.45) is 0.395. The van der Waals surface area contributed by atoms with Crippen LogP contribution in [0, 0.1) is 11.3 Å². The quantitative estimate of drug-likeness (QED) is 0.902. The van der Waals surface area contributed by atoms with Crippen molar-refractivity contribution >= 4 is 32.9 Å². The SMILES string of the molecule is CC(C)C(C)(Cc1nc2ccc(Br)cc2[nH]1)C(=O)O. The van der Waals surface area contributed by atoms with Crippen LogP contribution in [-0.2, 0) is 11.2 Å². The lowest BCUT2D eigenvalue weighted by Crippen LogP contribution is -2.35. The Morgan fingerprint density at radius 3 is 2.79 bits per heavy atom. The summed E-state index contributed by atoms with van der Waals surface area (Å²) in [5.74, 6) is -0.0409. The minimum atomic E-state index is -0.814. The van der Waals surface area contributed by atoms with Gasteiger partial charge < -0.3 is 10.1 Å².